The molecular weight excluding hydrogens is 280 g/mol. The number of aliphatic hydroxyl groups is 1. The third-order valence-electron chi connectivity index (χ3n) is 3.22. The number of unbranched alkanes of at least 4 members (excludes halogenated alkanes) is 3. The van der Waals surface area contributed by atoms with Gasteiger partial charge in [-0.1, -0.05) is 18.2 Å². The van der Waals surface area contributed by atoms with Crippen LogP contribution in [0.5, 0.6) is 5.75 Å². The van der Waals surface area contributed by atoms with Gasteiger partial charge in [0.25, 0.3) is 0 Å². The topological polar surface area (TPSA) is 47.9 Å². The molecule has 0 fully saturated rings. The zero-order chi connectivity index (χ0) is 15.7. The molecule has 1 rings (SSSR count). The minimum absolute atomic E-state index is 0.258. The van der Waals surface area contributed by atoms with E-state index in [0.29, 0.717) is 0 Å². The summed E-state index contributed by atoms with van der Waals surface area (Å²) in [4.78, 5) is 0. The lowest BCUT2D eigenvalue weighted by Gasteiger charge is -2.07. The van der Waals surface area contributed by atoms with Gasteiger partial charge in [-0.3, -0.25) is 0 Å². The highest BCUT2D eigenvalue weighted by Gasteiger charge is 1.94. The average Bonchev–Trinajstić information content (AvgIpc) is 2.56. The maximum Gasteiger partial charge on any atom is 0.119 e. The molecule has 0 heterocycles. The third kappa shape index (κ3) is 11.5. The van der Waals surface area contributed by atoms with Crippen LogP contribution in [0.15, 0.2) is 30.3 Å². The Morgan fingerprint density at radius 2 is 1.14 bits per heavy atom. The van der Waals surface area contributed by atoms with Gasteiger partial charge in [-0.15, -0.1) is 0 Å². The van der Waals surface area contributed by atoms with Crippen molar-refractivity contribution in [3.63, 3.8) is 0 Å². The molecule has 0 atom stereocenters. The van der Waals surface area contributed by atoms with Crippen LogP contribution in [-0.4, -0.2) is 44.7 Å². The lowest BCUT2D eigenvalue weighted by atomic mass is 10.3. The molecule has 0 saturated heterocycles. The summed E-state index contributed by atoms with van der Waals surface area (Å²) in [6, 6.07) is 9.90. The number of hydrogen-bond donors (Lipinski definition) is 1. The highest BCUT2D eigenvalue weighted by atomic mass is 16.5. The van der Waals surface area contributed by atoms with Crippen LogP contribution in [0.2, 0.25) is 0 Å². The van der Waals surface area contributed by atoms with Crippen molar-refractivity contribution in [1.82, 2.24) is 0 Å². The number of aliphatic hydroxyl groups excluding tert-OH is 1. The molecule has 0 amide bonds. The van der Waals surface area contributed by atoms with Crippen molar-refractivity contribution >= 4 is 0 Å². The van der Waals surface area contributed by atoms with E-state index < -0.39 is 0 Å². The van der Waals surface area contributed by atoms with E-state index in [9.17, 15) is 0 Å². The number of para-hydroxylation sites is 1. The second-order valence-corrected chi connectivity index (χ2v) is 5.23. The largest absolute Gasteiger partial charge is 0.494 e. The highest BCUT2D eigenvalue weighted by molar-refractivity contribution is 5.20. The molecule has 0 spiro atoms. The lowest BCUT2D eigenvalue weighted by molar-refractivity contribution is 0.0964. The van der Waals surface area contributed by atoms with Gasteiger partial charge >= 0.3 is 0 Å². The Bertz CT molecular complexity index is 329. The molecule has 22 heavy (non-hydrogen) atoms. The van der Waals surface area contributed by atoms with E-state index in [1.165, 1.54) is 0 Å². The Kier molecular flexibility index (Phi) is 12.8. The van der Waals surface area contributed by atoms with Gasteiger partial charge in [0.05, 0.1) is 6.61 Å². The monoisotopic (exact) mass is 310 g/mol. The zero-order valence-electron chi connectivity index (χ0n) is 13.5. The van der Waals surface area contributed by atoms with Crippen LogP contribution in [-0.2, 0) is 9.47 Å². The number of ether oxygens (including phenoxy) is 3. The van der Waals surface area contributed by atoms with Crippen LogP contribution in [0.4, 0.5) is 0 Å². The summed E-state index contributed by atoms with van der Waals surface area (Å²) in [6.07, 6.45) is 5.90. The van der Waals surface area contributed by atoms with E-state index in [0.717, 1.165) is 77.3 Å². The molecule has 0 saturated carbocycles. The van der Waals surface area contributed by atoms with E-state index in [2.05, 4.69) is 0 Å². The predicted molar refractivity (Wildman–Crippen MR) is 88.4 cm³/mol. The first-order valence-corrected chi connectivity index (χ1v) is 8.37. The minimum atomic E-state index is 0.258. The van der Waals surface area contributed by atoms with Gasteiger partial charge in [0.15, 0.2) is 0 Å². The molecule has 0 aliphatic rings. The highest BCUT2D eigenvalue weighted by Crippen LogP contribution is 2.08. The molecule has 0 radical (unpaired) electrons. The van der Waals surface area contributed by atoms with Crippen molar-refractivity contribution in [1.29, 1.82) is 0 Å². The maximum absolute atomic E-state index is 8.62. The van der Waals surface area contributed by atoms with Crippen molar-refractivity contribution < 1.29 is 19.3 Å². The summed E-state index contributed by atoms with van der Waals surface area (Å²) in [6.45, 7) is 4.15. The molecular formula is C18H30O4. The van der Waals surface area contributed by atoms with Crippen LogP contribution in [0.1, 0.15) is 38.5 Å². The van der Waals surface area contributed by atoms with Gasteiger partial charge in [-0.25, -0.2) is 0 Å². The quantitative estimate of drug-likeness (QED) is 0.504. The third-order valence-corrected chi connectivity index (χ3v) is 3.22. The van der Waals surface area contributed by atoms with E-state index in [1.807, 2.05) is 30.3 Å². The number of hydrogen-bond acceptors (Lipinski definition) is 4. The minimum Gasteiger partial charge on any atom is -0.494 e. The van der Waals surface area contributed by atoms with Gasteiger partial charge in [0, 0.05) is 33.0 Å². The Morgan fingerprint density at radius 1 is 0.636 bits per heavy atom. The zero-order valence-corrected chi connectivity index (χ0v) is 13.5. The van der Waals surface area contributed by atoms with Crippen LogP contribution in [0, 0.1) is 0 Å². The van der Waals surface area contributed by atoms with E-state index in [-0.39, 0.29) is 6.61 Å². The molecule has 1 aromatic rings. The standard InChI is InChI=1S/C18H30O4/c19-12-4-5-13-20-14-6-7-15-21-16-8-9-17-22-18-10-2-1-3-11-18/h1-3,10-11,19H,4-9,12-17H2. The van der Waals surface area contributed by atoms with Gasteiger partial charge in [0.1, 0.15) is 5.75 Å². The van der Waals surface area contributed by atoms with Crippen molar-refractivity contribution in [2.75, 3.05) is 39.6 Å². The Morgan fingerprint density at radius 3 is 1.68 bits per heavy atom. The van der Waals surface area contributed by atoms with Gasteiger partial charge < -0.3 is 19.3 Å². The normalized spacial score (nSPS) is 10.8. The molecule has 0 bridgehead atoms. The Balaban J connectivity index is 1.73. The second kappa shape index (κ2) is 14.8. The molecule has 0 unspecified atom stereocenters. The fourth-order valence-electron chi connectivity index (χ4n) is 1.94. The van der Waals surface area contributed by atoms with Crippen LogP contribution >= 0.6 is 0 Å². The molecule has 0 aromatic heterocycles. The molecule has 4 nitrogen and oxygen atoms in total. The van der Waals surface area contributed by atoms with Gasteiger partial charge in [-0.05, 0) is 50.7 Å². The Labute approximate surface area is 134 Å². The fourth-order valence-corrected chi connectivity index (χ4v) is 1.94. The molecule has 0 aliphatic heterocycles. The molecule has 0 aliphatic carbocycles. The first kappa shape index (κ1) is 18.9. The number of benzene rings is 1. The SMILES string of the molecule is OCCCCOCCCCOCCCCOc1ccccc1. The second-order valence-electron chi connectivity index (χ2n) is 5.23. The molecule has 1 aromatic carbocycles. The number of rotatable bonds is 15. The van der Waals surface area contributed by atoms with Crippen molar-refractivity contribution in [2.24, 2.45) is 0 Å². The van der Waals surface area contributed by atoms with E-state index in [4.69, 9.17) is 19.3 Å². The van der Waals surface area contributed by atoms with Crippen molar-refractivity contribution in [2.45, 2.75) is 38.5 Å². The van der Waals surface area contributed by atoms with E-state index in [1.54, 1.807) is 0 Å². The van der Waals surface area contributed by atoms with Crippen LogP contribution < -0.4 is 4.74 Å². The Hall–Kier alpha value is -1.10. The maximum atomic E-state index is 8.62. The van der Waals surface area contributed by atoms with Gasteiger partial charge in [0.2, 0.25) is 0 Å². The van der Waals surface area contributed by atoms with Crippen LogP contribution in [0.25, 0.3) is 0 Å². The van der Waals surface area contributed by atoms with Crippen molar-refractivity contribution in [3.05, 3.63) is 30.3 Å². The average molecular weight is 310 g/mol. The van der Waals surface area contributed by atoms with Crippen LogP contribution in [0.3, 0.4) is 0 Å². The smallest absolute Gasteiger partial charge is 0.119 e. The first-order valence-electron chi connectivity index (χ1n) is 8.37. The molecule has 126 valence electrons. The van der Waals surface area contributed by atoms with E-state index >= 15 is 0 Å². The summed E-state index contributed by atoms with van der Waals surface area (Å²) >= 11 is 0. The van der Waals surface area contributed by atoms with Crippen molar-refractivity contribution in [3.8, 4) is 5.75 Å². The predicted octanol–water partition coefficient (Wildman–Crippen LogP) is 3.43. The molecule has 1 N–H and O–H groups in total. The summed E-state index contributed by atoms with van der Waals surface area (Å²) in [7, 11) is 0. The van der Waals surface area contributed by atoms with Gasteiger partial charge in [-0.2, -0.15) is 0 Å². The first-order chi connectivity index (χ1) is 10.9. The summed E-state index contributed by atoms with van der Waals surface area (Å²) < 4.78 is 16.7. The summed E-state index contributed by atoms with van der Waals surface area (Å²) in [5.74, 6) is 0.933. The lowest BCUT2D eigenvalue weighted by Crippen LogP contribution is -2.03. The fraction of sp³-hybridized carbons (Fsp3) is 0.667. The summed E-state index contributed by atoms with van der Waals surface area (Å²) in [5, 5.41) is 8.62. The molecule has 4 heteroatoms. The summed E-state index contributed by atoms with van der Waals surface area (Å²) in [5.41, 5.74) is 0.